The third kappa shape index (κ3) is 2.78. The fourth-order valence-electron chi connectivity index (χ4n) is 3.51. The van der Waals surface area contributed by atoms with Crippen molar-refractivity contribution in [2.24, 2.45) is 0 Å². The van der Waals surface area contributed by atoms with Gasteiger partial charge in [0.05, 0.1) is 16.7 Å². The topological polar surface area (TPSA) is 38.1 Å². The molecule has 1 atom stereocenters. The molecule has 0 radical (unpaired) electrons. The maximum Gasteiger partial charge on any atom is 0.227 e. The maximum atomic E-state index is 12.6. The first-order valence-electron chi connectivity index (χ1n) is 8.30. The summed E-state index contributed by atoms with van der Waals surface area (Å²) in [6.45, 7) is 5.20. The van der Waals surface area contributed by atoms with E-state index in [9.17, 15) is 4.79 Å². The smallest absolute Gasteiger partial charge is 0.227 e. The van der Waals surface area contributed by atoms with Gasteiger partial charge in [-0.05, 0) is 40.2 Å². The molecule has 126 valence electrons. The summed E-state index contributed by atoms with van der Waals surface area (Å²) in [4.78, 5) is 19.3. The van der Waals surface area contributed by atoms with E-state index in [-0.39, 0.29) is 11.8 Å². The minimum absolute atomic E-state index is 0.0759. The number of carbonyl (C=O) groups is 1. The van der Waals surface area contributed by atoms with Crippen LogP contribution >= 0.6 is 15.9 Å². The van der Waals surface area contributed by atoms with Crippen molar-refractivity contribution in [2.45, 2.75) is 18.9 Å². The molecule has 3 aromatic rings. The van der Waals surface area contributed by atoms with Gasteiger partial charge < -0.3 is 9.47 Å². The fourth-order valence-corrected chi connectivity index (χ4v) is 4.01. The first-order chi connectivity index (χ1) is 12.2. The summed E-state index contributed by atoms with van der Waals surface area (Å²) in [5.74, 6) is 1.17. The zero-order chi connectivity index (χ0) is 17.4. The number of anilines is 1. The van der Waals surface area contributed by atoms with Gasteiger partial charge in [-0.3, -0.25) is 4.79 Å². The molecule has 25 heavy (non-hydrogen) atoms. The predicted molar refractivity (Wildman–Crippen MR) is 104 cm³/mol. The van der Waals surface area contributed by atoms with Crippen LogP contribution in [0.3, 0.4) is 0 Å². The van der Waals surface area contributed by atoms with Crippen molar-refractivity contribution in [3.8, 4) is 0 Å². The molecule has 5 heteroatoms. The molecular weight excluding hydrogens is 378 g/mol. The van der Waals surface area contributed by atoms with Crippen molar-refractivity contribution in [3.63, 3.8) is 0 Å². The van der Waals surface area contributed by atoms with E-state index in [0.717, 1.165) is 27.0 Å². The van der Waals surface area contributed by atoms with Crippen molar-refractivity contribution < 1.29 is 4.79 Å². The summed E-state index contributed by atoms with van der Waals surface area (Å²) in [5.41, 5.74) is 2.97. The average Bonchev–Trinajstić information content (AvgIpc) is 3.17. The highest BCUT2D eigenvalue weighted by Crippen LogP contribution is 2.36. The molecule has 1 aliphatic rings. The predicted octanol–water partition coefficient (Wildman–Crippen LogP) is 4.51. The molecule has 1 aromatic heterocycles. The summed E-state index contributed by atoms with van der Waals surface area (Å²) in [6.07, 6.45) is 2.35. The molecule has 4 nitrogen and oxygen atoms in total. The van der Waals surface area contributed by atoms with Gasteiger partial charge in [0, 0.05) is 29.9 Å². The van der Waals surface area contributed by atoms with E-state index >= 15 is 0 Å². The number of carbonyl (C=O) groups excluding carboxylic acids is 1. The molecular formula is C20H18BrN3O. The summed E-state index contributed by atoms with van der Waals surface area (Å²) in [7, 11) is 0. The van der Waals surface area contributed by atoms with Crippen molar-refractivity contribution >= 4 is 38.6 Å². The Morgan fingerprint density at radius 2 is 1.96 bits per heavy atom. The van der Waals surface area contributed by atoms with Gasteiger partial charge in [-0.25, -0.2) is 4.98 Å². The fraction of sp³-hybridized carbons (Fsp3) is 0.200. The Morgan fingerprint density at radius 1 is 1.20 bits per heavy atom. The highest BCUT2D eigenvalue weighted by molar-refractivity contribution is 9.10. The standard InChI is InChI=1S/C20H18BrN3O/c1-2-11-23-18-10-6-4-8-16(18)22-20(23)14-12-19(25)24(13-14)17-9-5-3-7-15(17)21/h2-10,14H,1,11-13H2/t14-/m1/s1. The van der Waals surface area contributed by atoms with Crippen LogP contribution in [-0.4, -0.2) is 22.0 Å². The molecule has 0 spiro atoms. The minimum atomic E-state index is 0.0759. The lowest BCUT2D eigenvalue weighted by molar-refractivity contribution is -0.117. The van der Waals surface area contributed by atoms with Gasteiger partial charge in [0.1, 0.15) is 5.82 Å². The summed E-state index contributed by atoms with van der Waals surface area (Å²) in [6, 6.07) is 15.9. The van der Waals surface area contributed by atoms with E-state index in [2.05, 4.69) is 33.1 Å². The molecule has 4 rings (SSSR count). The molecule has 1 aliphatic heterocycles. The molecule has 0 aliphatic carbocycles. The number of hydrogen-bond donors (Lipinski definition) is 0. The third-order valence-electron chi connectivity index (χ3n) is 4.63. The average molecular weight is 396 g/mol. The number of allylic oxidation sites excluding steroid dienone is 1. The SMILES string of the molecule is C=CCn1c([C@@H]2CC(=O)N(c3ccccc3Br)C2)nc2ccccc21. The van der Waals surface area contributed by atoms with E-state index in [1.54, 1.807) is 0 Å². The number of benzene rings is 2. The van der Waals surface area contributed by atoms with Crippen LogP contribution in [0.1, 0.15) is 18.2 Å². The van der Waals surface area contributed by atoms with E-state index in [0.29, 0.717) is 19.5 Å². The van der Waals surface area contributed by atoms with Crippen molar-refractivity contribution in [2.75, 3.05) is 11.4 Å². The van der Waals surface area contributed by atoms with Gasteiger partial charge in [0.25, 0.3) is 0 Å². The van der Waals surface area contributed by atoms with Crippen LogP contribution in [0.4, 0.5) is 5.69 Å². The summed E-state index contributed by atoms with van der Waals surface area (Å²) in [5, 5.41) is 0. The molecule has 2 heterocycles. The molecule has 1 amide bonds. The lowest BCUT2D eigenvalue weighted by atomic mass is 10.1. The van der Waals surface area contributed by atoms with E-state index in [1.165, 1.54) is 0 Å². The Balaban J connectivity index is 1.73. The monoisotopic (exact) mass is 395 g/mol. The van der Waals surface area contributed by atoms with Crippen LogP contribution in [0.25, 0.3) is 11.0 Å². The number of aromatic nitrogens is 2. The van der Waals surface area contributed by atoms with Crippen molar-refractivity contribution in [1.29, 1.82) is 0 Å². The molecule has 0 bridgehead atoms. The quantitative estimate of drug-likeness (QED) is 0.609. The number of fused-ring (bicyclic) bond motifs is 1. The Labute approximate surface area is 154 Å². The number of hydrogen-bond acceptors (Lipinski definition) is 2. The van der Waals surface area contributed by atoms with Crippen molar-refractivity contribution in [3.05, 3.63) is 71.5 Å². The second-order valence-electron chi connectivity index (χ2n) is 6.21. The molecule has 0 N–H and O–H groups in total. The van der Waals surface area contributed by atoms with Gasteiger partial charge in [-0.2, -0.15) is 0 Å². The van der Waals surface area contributed by atoms with Crippen molar-refractivity contribution in [1.82, 2.24) is 9.55 Å². The second kappa shape index (κ2) is 6.48. The van der Waals surface area contributed by atoms with Gasteiger partial charge >= 0.3 is 0 Å². The molecule has 2 aromatic carbocycles. The number of nitrogens with zero attached hydrogens (tertiary/aromatic N) is 3. The number of para-hydroxylation sites is 3. The van der Waals surface area contributed by atoms with Crippen LogP contribution < -0.4 is 4.90 Å². The van der Waals surface area contributed by atoms with Crippen LogP contribution in [0.5, 0.6) is 0 Å². The highest BCUT2D eigenvalue weighted by atomic mass is 79.9. The Kier molecular flexibility index (Phi) is 4.17. The summed E-state index contributed by atoms with van der Waals surface area (Å²) >= 11 is 3.55. The zero-order valence-corrected chi connectivity index (χ0v) is 15.3. The lowest BCUT2D eigenvalue weighted by Crippen LogP contribution is -2.24. The van der Waals surface area contributed by atoms with Gasteiger partial charge in [-0.1, -0.05) is 30.3 Å². The first kappa shape index (κ1) is 16.1. The van der Waals surface area contributed by atoms with Gasteiger partial charge in [-0.15, -0.1) is 6.58 Å². The maximum absolute atomic E-state index is 12.6. The third-order valence-corrected chi connectivity index (χ3v) is 5.30. The largest absolute Gasteiger partial charge is 0.324 e. The molecule has 0 saturated carbocycles. The normalized spacial score (nSPS) is 17.4. The summed E-state index contributed by atoms with van der Waals surface area (Å²) < 4.78 is 3.10. The van der Waals surface area contributed by atoms with E-state index in [1.807, 2.05) is 53.4 Å². The van der Waals surface area contributed by atoms with E-state index < -0.39 is 0 Å². The van der Waals surface area contributed by atoms with Crippen LogP contribution in [-0.2, 0) is 11.3 Å². The highest BCUT2D eigenvalue weighted by Gasteiger charge is 2.35. The van der Waals surface area contributed by atoms with Gasteiger partial charge in [0.15, 0.2) is 0 Å². The van der Waals surface area contributed by atoms with Crippen LogP contribution in [0, 0.1) is 0 Å². The molecule has 1 fully saturated rings. The first-order valence-corrected chi connectivity index (χ1v) is 9.09. The second-order valence-corrected chi connectivity index (χ2v) is 7.07. The lowest BCUT2D eigenvalue weighted by Gasteiger charge is -2.18. The number of imidazole rings is 1. The Hall–Kier alpha value is -2.40. The molecule has 0 unspecified atom stereocenters. The number of amides is 1. The minimum Gasteiger partial charge on any atom is -0.324 e. The van der Waals surface area contributed by atoms with Crippen LogP contribution in [0.15, 0.2) is 65.7 Å². The zero-order valence-electron chi connectivity index (χ0n) is 13.7. The number of halogens is 1. The van der Waals surface area contributed by atoms with Gasteiger partial charge in [0.2, 0.25) is 5.91 Å². The number of rotatable bonds is 4. The van der Waals surface area contributed by atoms with Crippen LogP contribution in [0.2, 0.25) is 0 Å². The van der Waals surface area contributed by atoms with E-state index in [4.69, 9.17) is 4.98 Å². The molecule has 1 saturated heterocycles. The Morgan fingerprint density at radius 3 is 2.76 bits per heavy atom. The Bertz CT molecular complexity index is 962.